The van der Waals surface area contributed by atoms with Crippen molar-refractivity contribution in [3.05, 3.63) is 23.3 Å². The molecule has 0 aromatic heterocycles. The minimum atomic E-state index is 0.469. The molecule has 1 aromatic rings. The molecule has 3 nitrogen and oxygen atoms in total. The highest BCUT2D eigenvalue weighted by Crippen LogP contribution is 2.32. The Kier molecular flexibility index (Phi) is 4.62. The molecule has 0 aliphatic heterocycles. The molecule has 0 saturated heterocycles. The van der Waals surface area contributed by atoms with Gasteiger partial charge in [0.2, 0.25) is 0 Å². The molecular weight excluding hydrogens is 200 g/mol. The van der Waals surface area contributed by atoms with Crippen LogP contribution in [0.25, 0.3) is 0 Å². The molecule has 0 aliphatic rings. The largest absolute Gasteiger partial charge is 0.496 e. The quantitative estimate of drug-likeness (QED) is 0.594. The third-order valence-electron chi connectivity index (χ3n) is 2.77. The fraction of sp³-hybridized carbons (Fsp3) is 0.538. The summed E-state index contributed by atoms with van der Waals surface area (Å²) in [5.41, 5.74) is 6.15. The van der Waals surface area contributed by atoms with E-state index in [-0.39, 0.29) is 0 Å². The Labute approximate surface area is 98.0 Å². The highest BCUT2D eigenvalue weighted by atomic mass is 16.5. The number of hydrazine groups is 1. The van der Waals surface area contributed by atoms with Crippen molar-refractivity contribution in [3.8, 4) is 5.75 Å². The SMILES string of the molecule is CCCc1c(NN)cc(C(C)C)cc1OC. The molecule has 0 amide bonds. The maximum atomic E-state index is 5.57. The van der Waals surface area contributed by atoms with E-state index in [1.54, 1.807) is 7.11 Å². The van der Waals surface area contributed by atoms with Crippen LogP contribution in [0.2, 0.25) is 0 Å². The first kappa shape index (κ1) is 12.8. The number of anilines is 1. The van der Waals surface area contributed by atoms with Crippen LogP contribution in [-0.4, -0.2) is 7.11 Å². The lowest BCUT2D eigenvalue weighted by Crippen LogP contribution is -2.11. The first-order chi connectivity index (χ1) is 7.63. The molecule has 0 bridgehead atoms. The van der Waals surface area contributed by atoms with E-state index >= 15 is 0 Å². The van der Waals surface area contributed by atoms with Gasteiger partial charge in [0, 0.05) is 5.56 Å². The maximum Gasteiger partial charge on any atom is 0.124 e. The first-order valence-corrected chi connectivity index (χ1v) is 5.81. The lowest BCUT2D eigenvalue weighted by molar-refractivity contribution is 0.409. The van der Waals surface area contributed by atoms with E-state index < -0.39 is 0 Å². The van der Waals surface area contributed by atoms with Crippen molar-refractivity contribution in [3.63, 3.8) is 0 Å². The van der Waals surface area contributed by atoms with Gasteiger partial charge in [-0.25, -0.2) is 0 Å². The summed E-state index contributed by atoms with van der Waals surface area (Å²) in [4.78, 5) is 0. The summed E-state index contributed by atoms with van der Waals surface area (Å²) in [5, 5.41) is 0. The van der Waals surface area contributed by atoms with Crippen molar-refractivity contribution >= 4 is 5.69 Å². The number of rotatable bonds is 5. The molecule has 1 aromatic carbocycles. The molecule has 0 radical (unpaired) electrons. The molecule has 1 rings (SSSR count). The molecule has 3 heteroatoms. The summed E-state index contributed by atoms with van der Waals surface area (Å²) in [6.45, 7) is 6.47. The van der Waals surface area contributed by atoms with Crippen LogP contribution in [0.1, 0.15) is 44.2 Å². The fourth-order valence-corrected chi connectivity index (χ4v) is 1.82. The van der Waals surface area contributed by atoms with Crippen LogP contribution in [-0.2, 0) is 6.42 Å². The van der Waals surface area contributed by atoms with Crippen molar-refractivity contribution in [2.45, 2.75) is 39.5 Å². The summed E-state index contributed by atoms with van der Waals surface area (Å²) in [7, 11) is 1.71. The van der Waals surface area contributed by atoms with Crippen molar-refractivity contribution in [1.82, 2.24) is 0 Å². The monoisotopic (exact) mass is 222 g/mol. The average Bonchev–Trinajstić information content (AvgIpc) is 2.29. The number of nitrogens with two attached hydrogens (primary N) is 1. The number of nitrogen functional groups attached to an aromatic ring is 1. The zero-order valence-corrected chi connectivity index (χ0v) is 10.6. The highest BCUT2D eigenvalue weighted by Gasteiger charge is 2.11. The average molecular weight is 222 g/mol. The summed E-state index contributed by atoms with van der Waals surface area (Å²) in [6, 6.07) is 4.22. The van der Waals surface area contributed by atoms with E-state index in [1.165, 1.54) is 5.56 Å². The predicted molar refractivity (Wildman–Crippen MR) is 68.9 cm³/mol. The predicted octanol–water partition coefficient (Wildman–Crippen LogP) is 3.06. The van der Waals surface area contributed by atoms with E-state index in [2.05, 4.69) is 38.3 Å². The minimum Gasteiger partial charge on any atom is -0.496 e. The number of benzene rings is 1. The number of nitrogens with one attached hydrogen (secondary N) is 1. The van der Waals surface area contributed by atoms with Crippen LogP contribution in [0.5, 0.6) is 5.75 Å². The molecule has 3 N–H and O–H groups in total. The lowest BCUT2D eigenvalue weighted by atomic mass is 9.97. The third-order valence-corrected chi connectivity index (χ3v) is 2.77. The van der Waals surface area contributed by atoms with Crippen LogP contribution < -0.4 is 16.0 Å². The second kappa shape index (κ2) is 5.75. The molecule has 0 heterocycles. The van der Waals surface area contributed by atoms with Gasteiger partial charge in [0.1, 0.15) is 5.75 Å². The van der Waals surface area contributed by atoms with Crippen LogP contribution >= 0.6 is 0 Å². The van der Waals surface area contributed by atoms with Crippen LogP contribution in [0.4, 0.5) is 5.69 Å². The second-order valence-corrected chi connectivity index (χ2v) is 4.30. The van der Waals surface area contributed by atoms with Gasteiger partial charge in [-0.2, -0.15) is 0 Å². The van der Waals surface area contributed by atoms with Crippen molar-refractivity contribution in [2.75, 3.05) is 12.5 Å². The van der Waals surface area contributed by atoms with Crippen LogP contribution in [0.15, 0.2) is 12.1 Å². The Morgan fingerprint density at radius 3 is 2.50 bits per heavy atom. The van der Waals surface area contributed by atoms with Crippen molar-refractivity contribution < 1.29 is 4.74 Å². The third kappa shape index (κ3) is 2.67. The van der Waals surface area contributed by atoms with Gasteiger partial charge in [0.05, 0.1) is 12.8 Å². The van der Waals surface area contributed by atoms with Gasteiger partial charge in [-0.05, 0) is 30.0 Å². The molecule has 0 atom stereocenters. The zero-order chi connectivity index (χ0) is 12.1. The van der Waals surface area contributed by atoms with Crippen LogP contribution in [0.3, 0.4) is 0 Å². The number of methoxy groups -OCH3 is 1. The summed E-state index contributed by atoms with van der Waals surface area (Å²) < 4.78 is 5.44. The Hall–Kier alpha value is -1.22. The lowest BCUT2D eigenvalue weighted by Gasteiger charge is -2.17. The molecule has 16 heavy (non-hydrogen) atoms. The second-order valence-electron chi connectivity index (χ2n) is 4.30. The summed E-state index contributed by atoms with van der Waals surface area (Å²) in [6.07, 6.45) is 2.05. The number of hydrogen-bond acceptors (Lipinski definition) is 3. The Morgan fingerprint density at radius 1 is 1.38 bits per heavy atom. The Morgan fingerprint density at radius 2 is 2.06 bits per heavy atom. The Balaban J connectivity index is 3.25. The standard InChI is InChI=1S/C13H22N2O/c1-5-6-11-12(15-14)7-10(9(2)3)8-13(11)16-4/h7-9,15H,5-6,14H2,1-4H3. The fourth-order valence-electron chi connectivity index (χ4n) is 1.82. The van der Waals surface area contributed by atoms with Gasteiger partial charge >= 0.3 is 0 Å². The van der Waals surface area contributed by atoms with Gasteiger partial charge in [0.15, 0.2) is 0 Å². The minimum absolute atomic E-state index is 0.469. The van der Waals surface area contributed by atoms with Gasteiger partial charge in [-0.15, -0.1) is 0 Å². The molecule has 0 aliphatic carbocycles. The number of ether oxygens (including phenoxy) is 1. The molecular formula is C13H22N2O. The van der Waals surface area contributed by atoms with E-state index in [9.17, 15) is 0 Å². The normalized spacial score (nSPS) is 10.6. The molecule has 0 unspecified atom stereocenters. The van der Waals surface area contributed by atoms with Crippen LogP contribution in [0, 0.1) is 0 Å². The van der Waals surface area contributed by atoms with Crippen molar-refractivity contribution in [1.29, 1.82) is 0 Å². The van der Waals surface area contributed by atoms with Gasteiger partial charge < -0.3 is 10.2 Å². The van der Waals surface area contributed by atoms with E-state index in [1.807, 2.05) is 0 Å². The van der Waals surface area contributed by atoms with Gasteiger partial charge in [0.25, 0.3) is 0 Å². The van der Waals surface area contributed by atoms with E-state index in [0.717, 1.165) is 29.8 Å². The maximum absolute atomic E-state index is 5.57. The smallest absolute Gasteiger partial charge is 0.124 e. The van der Waals surface area contributed by atoms with Gasteiger partial charge in [-0.1, -0.05) is 27.2 Å². The topological polar surface area (TPSA) is 47.3 Å². The molecule has 0 saturated carbocycles. The van der Waals surface area contributed by atoms with Gasteiger partial charge in [-0.3, -0.25) is 5.84 Å². The van der Waals surface area contributed by atoms with E-state index in [0.29, 0.717) is 5.92 Å². The number of hydrogen-bond donors (Lipinski definition) is 2. The molecule has 90 valence electrons. The van der Waals surface area contributed by atoms with E-state index in [4.69, 9.17) is 10.6 Å². The Bertz CT molecular complexity index is 323. The zero-order valence-electron chi connectivity index (χ0n) is 10.6. The van der Waals surface area contributed by atoms with Crippen molar-refractivity contribution in [2.24, 2.45) is 5.84 Å². The highest BCUT2D eigenvalue weighted by molar-refractivity contribution is 5.59. The first-order valence-electron chi connectivity index (χ1n) is 5.81. The molecule has 0 spiro atoms. The summed E-state index contributed by atoms with van der Waals surface area (Å²) in [5.74, 6) is 6.97. The summed E-state index contributed by atoms with van der Waals surface area (Å²) >= 11 is 0. The molecule has 0 fully saturated rings.